The highest BCUT2D eigenvalue weighted by Crippen LogP contribution is 2.23. The fraction of sp³-hybridized carbons (Fsp3) is 0.318. The summed E-state index contributed by atoms with van der Waals surface area (Å²) in [4.78, 5) is 44.6. The zero-order valence-electron chi connectivity index (χ0n) is 16.0. The summed E-state index contributed by atoms with van der Waals surface area (Å²) in [6.45, 7) is 4.27. The normalized spacial score (nSPS) is 10.1. The van der Waals surface area contributed by atoms with E-state index in [1.807, 2.05) is 50.2 Å². The Labute approximate surface area is 164 Å². The molecule has 1 atom stereocenters. The Balaban J connectivity index is 0.00000108. The SMILES string of the molecule is CCOC(=O)[C@@H](C)C(Cc1ccccc1)Cc1ccccc1.O=C=O.O=C=O. The Hall–Kier alpha value is -3.33. The van der Waals surface area contributed by atoms with Gasteiger partial charge in [-0.3, -0.25) is 4.79 Å². The Morgan fingerprint density at radius 3 is 1.50 bits per heavy atom. The third kappa shape index (κ3) is 10.6. The maximum absolute atomic E-state index is 12.1. The lowest BCUT2D eigenvalue weighted by Crippen LogP contribution is -2.26. The van der Waals surface area contributed by atoms with Gasteiger partial charge < -0.3 is 4.74 Å². The van der Waals surface area contributed by atoms with E-state index in [-0.39, 0.29) is 30.1 Å². The van der Waals surface area contributed by atoms with Crippen LogP contribution in [0.5, 0.6) is 0 Å². The summed E-state index contributed by atoms with van der Waals surface area (Å²) in [6.07, 6.45) is 2.27. The average molecular weight is 384 g/mol. The molecule has 0 aliphatic heterocycles. The molecule has 0 bridgehead atoms. The van der Waals surface area contributed by atoms with Crippen LogP contribution in [0.1, 0.15) is 25.0 Å². The van der Waals surface area contributed by atoms with Crippen molar-refractivity contribution in [1.29, 1.82) is 0 Å². The number of carbonyl (C=O) groups is 1. The van der Waals surface area contributed by atoms with Crippen molar-refractivity contribution in [2.24, 2.45) is 11.8 Å². The van der Waals surface area contributed by atoms with Gasteiger partial charge in [0.2, 0.25) is 0 Å². The Morgan fingerprint density at radius 1 is 0.821 bits per heavy atom. The number of carbonyl (C=O) groups excluding carboxylic acids is 5. The molecule has 2 aromatic carbocycles. The van der Waals surface area contributed by atoms with Crippen molar-refractivity contribution < 1.29 is 28.7 Å². The van der Waals surface area contributed by atoms with Gasteiger partial charge in [0.25, 0.3) is 0 Å². The molecule has 0 spiro atoms. The highest BCUT2D eigenvalue weighted by Gasteiger charge is 2.25. The Kier molecular flexibility index (Phi) is 14.0. The van der Waals surface area contributed by atoms with Gasteiger partial charge in [-0.05, 0) is 36.8 Å². The number of benzene rings is 2. The zero-order valence-corrected chi connectivity index (χ0v) is 16.0. The van der Waals surface area contributed by atoms with Crippen LogP contribution in [0.4, 0.5) is 0 Å². The molecule has 6 heteroatoms. The second kappa shape index (κ2) is 15.9. The lowest BCUT2D eigenvalue weighted by Gasteiger charge is -2.23. The quantitative estimate of drug-likeness (QED) is 0.681. The van der Waals surface area contributed by atoms with E-state index in [0.717, 1.165) is 12.8 Å². The molecule has 0 amide bonds. The molecule has 0 fully saturated rings. The molecule has 0 heterocycles. The van der Waals surface area contributed by atoms with E-state index in [9.17, 15) is 4.79 Å². The largest absolute Gasteiger partial charge is 0.466 e. The van der Waals surface area contributed by atoms with Crippen molar-refractivity contribution in [2.75, 3.05) is 6.61 Å². The van der Waals surface area contributed by atoms with E-state index in [4.69, 9.17) is 23.9 Å². The van der Waals surface area contributed by atoms with Crippen LogP contribution in [0.3, 0.4) is 0 Å². The summed E-state index contributed by atoms with van der Waals surface area (Å²) in [7, 11) is 0. The molecule has 0 unspecified atom stereocenters. The molecule has 0 aliphatic carbocycles. The first-order valence-corrected chi connectivity index (χ1v) is 8.76. The van der Waals surface area contributed by atoms with Gasteiger partial charge in [0.15, 0.2) is 0 Å². The molecule has 0 saturated carbocycles. The number of hydrogen-bond donors (Lipinski definition) is 0. The van der Waals surface area contributed by atoms with Gasteiger partial charge in [0.1, 0.15) is 0 Å². The third-order valence-electron chi connectivity index (χ3n) is 4.05. The zero-order chi connectivity index (χ0) is 21.2. The molecule has 0 aliphatic rings. The van der Waals surface area contributed by atoms with Gasteiger partial charge in [-0.1, -0.05) is 67.6 Å². The molecule has 0 radical (unpaired) electrons. The first-order valence-electron chi connectivity index (χ1n) is 8.76. The van der Waals surface area contributed by atoms with E-state index < -0.39 is 0 Å². The van der Waals surface area contributed by atoms with Crippen molar-refractivity contribution >= 4 is 18.3 Å². The molecule has 0 N–H and O–H groups in total. The Bertz CT molecular complexity index is 677. The molecule has 2 aromatic rings. The van der Waals surface area contributed by atoms with Crippen molar-refractivity contribution in [1.82, 2.24) is 0 Å². The maximum Gasteiger partial charge on any atom is 0.373 e. The monoisotopic (exact) mass is 384 g/mol. The Morgan fingerprint density at radius 2 is 1.18 bits per heavy atom. The predicted octanol–water partition coefficient (Wildman–Crippen LogP) is 3.12. The smallest absolute Gasteiger partial charge is 0.373 e. The van der Waals surface area contributed by atoms with Gasteiger partial charge in [-0.2, -0.15) is 19.2 Å². The van der Waals surface area contributed by atoms with Crippen LogP contribution in [0.2, 0.25) is 0 Å². The van der Waals surface area contributed by atoms with E-state index in [1.165, 1.54) is 11.1 Å². The molecule has 2 rings (SSSR count). The van der Waals surface area contributed by atoms with Crippen LogP contribution >= 0.6 is 0 Å². The number of rotatable bonds is 7. The third-order valence-corrected chi connectivity index (χ3v) is 4.05. The van der Waals surface area contributed by atoms with E-state index >= 15 is 0 Å². The highest BCUT2D eigenvalue weighted by atomic mass is 16.5. The topological polar surface area (TPSA) is 94.6 Å². The minimum atomic E-state index is -0.111. The average Bonchev–Trinajstić information content (AvgIpc) is 2.70. The van der Waals surface area contributed by atoms with Crippen molar-refractivity contribution in [3.05, 3.63) is 71.8 Å². The van der Waals surface area contributed by atoms with Crippen LogP contribution in [-0.4, -0.2) is 24.9 Å². The summed E-state index contributed by atoms with van der Waals surface area (Å²) in [6, 6.07) is 20.7. The van der Waals surface area contributed by atoms with Gasteiger partial charge >= 0.3 is 18.3 Å². The second-order valence-corrected chi connectivity index (χ2v) is 5.85. The standard InChI is InChI=1S/C20H24O2.2CO2/c1-3-22-20(21)16(2)19(14-17-10-6-4-7-11-17)15-18-12-8-5-9-13-18;2*2-1-3/h4-13,16,19H,3,14-15H2,1-2H3;;/t16-;;/m0../s1. The molecule has 0 saturated heterocycles. The number of esters is 1. The highest BCUT2D eigenvalue weighted by molar-refractivity contribution is 5.72. The summed E-state index contributed by atoms with van der Waals surface area (Å²) >= 11 is 0. The van der Waals surface area contributed by atoms with Crippen molar-refractivity contribution in [2.45, 2.75) is 26.7 Å². The molecule has 0 aromatic heterocycles. The van der Waals surface area contributed by atoms with Crippen LogP contribution < -0.4 is 0 Å². The first-order chi connectivity index (χ1) is 13.5. The lowest BCUT2D eigenvalue weighted by molar-refractivity contribution is -0.193. The second-order valence-electron chi connectivity index (χ2n) is 5.85. The summed E-state index contributed by atoms with van der Waals surface area (Å²) < 4.78 is 5.22. The van der Waals surface area contributed by atoms with Crippen molar-refractivity contribution in [3.63, 3.8) is 0 Å². The van der Waals surface area contributed by atoms with Gasteiger partial charge in [0.05, 0.1) is 12.5 Å². The summed E-state index contributed by atoms with van der Waals surface area (Å²) in [5.41, 5.74) is 2.53. The van der Waals surface area contributed by atoms with Crippen molar-refractivity contribution in [3.8, 4) is 0 Å². The first kappa shape index (κ1) is 24.7. The summed E-state index contributed by atoms with van der Waals surface area (Å²) in [5, 5.41) is 0. The van der Waals surface area contributed by atoms with Gasteiger partial charge in [-0.15, -0.1) is 0 Å². The fourth-order valence-corrected chi connectivity index (χ4v) is 2.73. The molecule has 6 nitrogen and oxygen atoms in total. The van der Waals surface area contributed by atoms with Crippen LogP contribution in [0.25, 0.3) is 0 Å². The van der Waals surface area contributed by atoms with Crippen LogP contribution in [-0.2, 0) is 41.6 Å². The number of ether oxygens (including phenoxy) is 1. The van der Waals surface area contributed by atoms with Gasteiger partial charge in [-0.25, -0.2) is 0 Å². The van der Waals surface area contributed by atoms with Crippen LogP contribution in [0.15, 0.2) is 60.7 Å². The van der Waals surface area contributed by atoms with E-state index in [1.54, 1.807) is 0 Å². The summed E-state index contributed by atoms with van der Waals surface area (Å²) in [5.74, 6) is 0.0311. The molecule has 148 valence electrons. The van der Waals surface area contributed by atoms with Gasteiger partial charge in [0, 0.05) is 0 Å². The minimum Gasteiger partial charge on any atom is -0.466 e. The van der Waals surface area contributed by atoms with Crippen LogP contribution in [0, 0.1) is 11.8 Å². The predicted molar refractivity (Wildman–Crippen MR) is 99.6 cm³/mol. The number of hydrogen-bond acceptors (Lipinski definition) is 6. The fourth-order valence-electron chi connectivity index (χ4n) is 2.73. The lowest BCUT2D eigenvalue weighted by atomic mass is 9.83. The van der Waals surface area contributed by atoms with E-state index in [2.05, 4.69) is 24.3 Å². The molecular formula is C22H24O6. The maximum atomic E-state index is 12.1. The molecule has 28 heavy (non-hydrogen) atoms. The van der Waals surface area contributed by atoms with E-state index in [0.29, 0.717) is 6.61 Å². The minimum absolute atomic E-state index is 0.0978. The molecular weight excluding hydrogens is 360 g/mol.